The van der Waals surface area contributed by atoms with Crippen LogP contribution in [0.4, 0.5) is 0 Å². The molecule has 1 aromatic heterocycles. The van der Waals surface area contributed by atoms with Crippen LogP contribution >= 0.6 is 11.8 Å². The number of nitrogens with one attached hydrogen (secondary N) is 2. The molecular weight excluding hydrogens is 274 g/mol. The lowest BCUT2D eigenvalue weighted by Gasteiger charge is -2.32. The van der Waals surface area contributed by atoms with E-state index in [1.165, 1.54) is 11.8 Å². The van der Waals surface area contributed by atoms with Crippen molar-refractivity contribution in [3.63, 3.8) is 0 Å². The third kappa shape index (κ3) is 2.14. The molecule has 6 nitrogen and oxygen atoms in total. The van der Waals surface area contributed by atoms with E-state index in [0.717, 1.165) is 11.4 Å². The van der Waals surface area contributed by atoms with Crippen LogP contribution in [0, 0.1) is 6.92 Å². The molecule has 104 valence electrons. The molecule has 0 radical (unpaired) electrons. The number of carbonyl (C=O) groups excluding carboxylic acids is 1. The molecule has 2 unspecified atom stereocenters. The van der Waals surface area contributed by atoms with Crippen molar-refractivity contribution in [2.75, 3.05) is 12.5 Å². The number of benzene rings is 1. The van der Waals surface area contributed by atoms with E-state index in [4.69, 9.17) is 0 Å². The van der Waals surface area contributed by atoms with Gasteiger partial charge in [0.05, 0.1) is 6.04 Å². The zero-order valence-corrected chi connectivity index (χ0v) is 12.0. The second-order valence-corrected chi connectivity index (χ2v) is 5.64. The van der Waals surface area contributed by atoms with Gasteiger partial charge >= 0.3 is 0 Å². The number of thioether (sulfide) groups is 1. The SMILES string of the molecule is CNC(=O)C1Sc2nnc(C)n2NC1c1ccccc1. The molecule has 0 saturated heterocycles. The standard InChI is InChI=1S/C13H15N5OS/c1-8-15-16-13-18(8)17-10(9-6-4-3-5-7-9)11(20-13)12(19)14-2/h3-7,10-11,17H,1-2H3,(H,14,19). The summed E-state index contributed by atoms with van der Waals surface area (Å²) in [5.74, 6) is 0.757. The van der Waals surface area contributed by atoms with Gasteiger partial charge in [0.2, 0.25) is 11.1 Å². The fourth-order valence-electron chi connectivity index (χ4n) is 2.21. The third-order valence-corrected chi connectivity index (χ3v) is 4.48. The van der Waals surface area contributed by atoms with Crippen LogP contribution in [-0.4, -0.2) is 33.1 Å². The van der Waals surface area contributed by atoms with Gasteiger partial charge in [0.15, 0.2) is 0 Å². The Bertz CT molecular complexity index is 627. The lowest BCUT2D eigenvalue weighted by Crippen LogP contribution is -2.43. The molecule has 0 fully saturated rings. The summed E-state index contributed by atoms with van der Waals surface area (Å²) in [6.45, 7) is 1.88. The fourth-order valence-corrected chi connectivity index (χ4v) is 3.40. The van der Waals surface area contributed by atoms with E-state index in [9.17, 15) is 4.79 Å². The Morgan fingerprint density at radius 2 is 2.10 bits per heavy atom. The van der Waals surface area contributed by atoms with Crippen LogP contribution in [0.25, 0.3) is 0 Å². The predicted octanol–water partition coefficient (Wildman–Crippen LogP) is 1.09. The van der Waals surface area contributed by atoms with E-state index < -0.39 is 0 Å². The van der Waals surface area contributed by atoms with Crippen molar-refractivity contribution in [1.29, 1.82) is 0 Å². The van der Waals surface area contributed by atoms with Gasteiger partial charge in [0.1, 0.15) is 11.1 Å². The van der Waals surface area contributed by atoms with E-state index in [1.54, 1.807) is 7.05 Å². The Labute approximate surface area is 120 Å². The zero-order chi connectivity index (χ0) is 14.1. The second-order valence-electron chi connectivity index (χ2n) is 4.54. The maximum atomic E-state index is 12.1. The number of aryl methyl sites for hydroxylation is 1. The van der Waals surface area contributed by atoms with Gasteiger partial charge in [-0.05, 0) is 12.5 Å². The van der Waals surface area contributed by atoms with E-state index in [2.05, 4.69) is 20.9 Å². The van der Waals surface area contributed by atoms with Gasteiger partial charge in [-0.2, -0.15) is 0 Å². The number of hydrogen-bond acceptors (Lipinski definition) is 5. The maximum Gasteiger partial charge on any atom is 0.235 e. The maximum absolute atomic E-state index is 12.1. The molecule has 0 aliphatic carbocycles. The lowest BCUT2D eigenvalue weighted by atomic mass is 10.0. The van der Waals surface area contributed by atoms with Crippen molar-refractivity contribution in [2.24, 2.45) is 0 Å². The first-order valence-electron chi connectivity index (χ1n) is 6.32. The quantitative estimate of drug-likeness (QED) is 0.866. The average Bonchev–Trinajstić information content (AvgIpc) is 2.87. The van der Waals surface area contributed by atoms with E-state index in [1.807, 2.05) is 41.9 Å². The summed E-state index contributed by atoms with van der Waals surface area (Å²) in [7, 11) is 1.65. The Hall–Kier alpha value is -2.02. The van der Waals surface area contributed by atoms with Crippen molar-refractivity contribution in [1.82, 2.24) is 20.2 Å². The lowest BCUT2D eigenvalue weighted by molar-refractivity contribution is -0.120. The van der Waals surface area contributed by atoms with Gasteiger partial charge in [0, 0.05) is 7.05 Å². The minimum absolute atomic E-state index is 0.0248. The van der Waals surface area contributed by atoms with Gasteiger partial charge in [-0.15, -0.1) is 10.2 Å². The molecule has 1 aromatic carbocycles. The molecule has 2 heterocycles. The molecule has 0 bridgehead atoms. The topological polar surface area (TPSA) is 71.8 Å². The predicted molar refractivity (Wildman–Crippen MR) is 77.0 cm³/mol. The number of hydrogen-bond donors (Lipinski definition) is 2. The summed E-state index contributed by atoms with van der Waals surface area (Å²) in [6.07, 6.45) is 0. The summed E-state index contributed by atoms with van der Waals surface area (Å²) in [5, 5.41) is 11.3. The molecule has 2 atom stereocenters. The summed E-state index contributed by atoms with van der Waals surface area (Å²) in [6, 6.07) is 9.80. The van der Waals surface area contributed by atoms with Crippen LogP contribution in [0.5, 0.6) is 0 Å². The fraction of sp³-hybridized carbons (Fsp3) is 0.308. The molecule has 2 N–H and O–H groups in total. The normalized spacial score (nSPS) is 20.9. The first-order valence-corrected chi connectivity index (χ1v) is 7.20. The first kappa shape index (κ1) is 13.0. The summed E-state index contributed by atoms with van der Waals surface area (Å²) in [5.41, 5.74) is 4.40. The highest BCUT2D eigenvalue weighted by atomic mass is 32.2. The number of amides is 1. The molecule has 1 aliphatic heterocycles. The Balaban J connectivity index is 2.01. The number of fused-ring (bicyclic) bond motifs is 1. The van der Waals surface area contributed by atoms with Crippen LogP contribution in [0.3, 0.4) is 0 Å². The van der Waals surface area contributed by atoms with Gasteiger partial charge in [0.25, 0.3) is 0 Å². The van der Waals surface area contributed by atoms with Crippen LogP contribution in [0.15, 0.2) is 35.5 Å². The molecule has 7 heteroatoms. The van der Waals surface area contributed by atoms with E-state index >= 15 is 0 Å². The van der Waals surface area contributed by atoms with Crippen LogP contribution in [-0.2, 0) is 4.79 Å². The van der Waals surface area contributed by atoms with Crippen molar-refractivity contribution in [3.8, 4) is 0 Å². The molecule has 1 aliphatic rings. The molecule has 2 aromatic rings. The molecule has 0 saturated carbocycles. The summed E-state index contributed by atoms with van der Waals surface area (Å²) >= 11 is 1.43. The Morgan fingerprint density at radius 3 is 2.80 bits per heavy atom. The smallest absolute Gasteiger partial charge is 0.235 e. The van der Waals surface area contributed by atoms with Gasteiger partial charge < -0.3 is 10.7 Å². The largest absolute Gasteiger partial charge is 0.358 e. The molecule has 1 amide bonds. The minimum atomic E-state index is -0.279. The van der Waals surface area contributed by atoms with Gasteiger partial charge in [-0.25, -0.2) is 4.68 Å². The van der Waals surface area contributed by atoms with Gasteiger partial charge in [-0.3, -0.25) is 4.79 Å². The highest BCUT2D eigenvalue weighted by Crippen LogP contribution is 2.36. The van der Waals surface area contributed by atoms with Crippen molar-refractivity contribution >= 4 is 17.7 Å². The summed E-state index contributed by atoms with van der Waals surface area (Å²) in [4.78, 5) is 12.1. The first-order chi connectivity index (χ1) is 9.70. The van der Waals surface area contributed by atoms with E-state index in [-0.39, 0.29) is 17.2 Å². The molecule has 3 rings (SSSR count). The summed E-state index contributed by atoms with van der Waals surface area (Å²) < 4.78 is 1.84. The number of aromatic nitrogens is 3. The number of rotatable bonds is 2. The van der Waals surface area contributed by atoms with Crippen LogP contribution < -0.4 is 10.7 Å². The van der Waals surface area contributed by atoms with Crippen LogP contribution in [0.2, 0.25) is 0 Å². The molecular formula is C13H15N5OS. The van der Waals surface area contributed by atoms with Crippen molar-refractivity contribution in [2.45, 2.75) is 23.4 Å². The second kappa shape index (κ2) is 5.16. The van der Waals surface area contributed by atoms with Crippen molar-refractivity contribution < 1.29 is 4.79 Å². The number of nitrogens with zero attached hydrogens (tertiary/aromatic N) is 3. The minimum Gasteiger partial charge on any atom is -0.358 e. The highest BCUT2D eigenvalue weighted by Gasteiger charge is 2.36. The van der Waals surface area contributed by atoms with Gasteiger partial charge in [-0.1, -0.05) is 42.1 Å². The molecule has 20 heavy (non-hydrogen) atoms. The third-order valence-electron chi connectivity index (χ3n) is 3.26. The number of carbonyl (C=O) groups is 1. The van der Waals surface area contributed by atoms with E-state index in [0.29, 0.717) is 5.16 Å². The monoisotopic (exact) mass is 289 g/mol. The Kier molecular flexibility index (Phi) is 3.35. The zero-order valence-electron chi connectivity index (χ0n) is 11.2. The molecule has 0 spiro atoms. The van der Waals surface area contributed by atoms with Crippen LogP contribution in [0.1, 0.15) is 17.4 Å². The average molecular weight is 289 g/mol. The van der Waals surface area contributed by atoms with Crippen molar-refractivity contribution in [3.05, 3.63) is 41.7 Å². The Morgan fingerprint density at radius 1 is 1.35 bits per heavy atom. The highest BCUT2D eigenvalue weighted by molar-refractivity contribution is 8.00.